The van der Waals surface area contributed by atoms with E-state index in [0.717, 1.165) is 23.9 Å². The van der Waals surface area contributed by atoms with Crippen LogP contribution >= 0.6 is 0 Å². The summed E-state index contributed by atoms with van der Waals surface area (Å²) in [5.74, 6) is 0.756. The molecule has 3 aromatic rings. The Morgan fingerprint density at radius 2 is 1.81 bits per heavy atom. The molecular formula is C19H22N6O. The minimum absolute atomic E-state index is 0.260. The number of benzene rings is 2. The van der Waals surface area contributed by atoms with E-state index in [4.69, 9.17) is 5.73 Å². The topological polar surface area (TPSA) is 96.2 Å². The van der Waals surface area contributed by atoms with Crippen LogP contribution in [-0.2, 0) is 0 Å². The van der Waals surface area contributed by atoms with Crippen LogP contribution in [0.15, 0.2) is 48.8 Å². The number of amides is 1. The Labute approximate surface area is 152 Å². The lowest BCUT2D eigenvalue weighted by atomic mass is 10.0. The minimum Gasteiger partial charge on any atom is -0.393 e. The van der Waals surface area contributed by atoms with Crippen LogP contribution in [0, 0.1) is 0 Å². The predicted octanol–water partition coefficient (Wildman–Crippen LogP) is 2.82. The van der Waals surface area contributed by atoms with Gasteiger partial charge < -0.3 is 10.6 Å². The zero-order chi connectivity index (χ0) is 18.5. The van der Waals surface area contributed by atoms with Crippen LogP contribution in [0.3, 0.4) is 0 Å². The zero-order valence-electron chi connectivity index (χ0n) is 14.9. The van der Waals surface area contributed by atoms with Crippen LogP contribution in [0.1, 0.15) is 24.2 Å². The fourth-order valence-corrected chi connectivity index (χ4v) is 2.87. The van der Waals surface area contributed by atoms with E-state index in [1.807, 2.05) is 55.1 Å². The average Bonchev–Trinajstić information content (AvgIpc) is 2.68. The van der Waals surface area contributed by atoms with Crippen LogP contribution in [-0.4, -0.2) is 29.0 Å². The fourth-order valence-electron chi connectivity index (χ4n) is 2.87. The highest BCUT2D eigenvalue weighted by atomic mass is 16.2. The van der Waals surface area contributed by atoms with Gasteiger partial charge in [-0.05, 0) is 30.7 Å². The maximum atomic E-state index is 12.6. The van der Waals surface area contributed by atoms with E-state index in [1.54, 1.807) is 6.07 Å². The summed E-state index contributed by atoms with van der Waals surface area (Å²) in [6.07, 6.45) is 1.43. The van der Waals surface area contributed by atoms with Crippen molar-refractivity contribution in [3.05, 3.63) is 54.4 Å². The smallest absolute Gasteiger partial charge is 0.270 e. The Bertz CT molecular complexity index is 918. The van der Waals surface area contributed by atoms with Crippen LogP contribution in [0.2, 0.25) is 0 Å². The Balaban J connectivity index is 1.81. The number of anilines is 3. The lowest BCUT2D eigenvalue weighted by Crippen LogP contribution is -2.31. The summed E-state index contributed by atoms with van der Waals surface area (Å²) in [6, 6.07) is 13.3. The summed E-state index contributed by atoms with van der Waals surface area (Å²) in [5, 5.41) is 1.89. The molecule has 0 atom stereocenters. The second kappa shape index (κ2) is 7.69. The number of nitrogens with zero attached hydrogens (tertiary/aromatic N) is 3. The van der Waals surface area contributed by atoms with Crippen LogP contribution < -0.4 is 21.5 Å². The Hall–Kier alpha value is -3.35. The van der Waals surface area contributed by atoms with E-state index in [2.05, 4.69) is 20.8 Å². The maximum absolute atomic E-state index is 12.6. The summed E-state index contributed by atoms with van der Waals surface area (Å²) in [7, 11) is 0. The molecule has 0 fully saturated rings. The molecule has 26 heavy (non-hydrogen) atoms. The van der Waals surface area contributed by atoms with Crippen LogP contribution in [0.5, 0.6) is 0 Å². The lowest BCUT2D eigenvalue weighted by Gasteiger charge is -2.22. The molecule has 3 rings (SSSR count). The van der Waals surface area contributed by atoms with Crippen molar-refractivity contribution in [1.29, 1.82) is 0 Å². The standard InChI is InChI=1S/C19H22N6O/c1-3-25(4-2)18-16(20)17(21-12-22-18)23-24-19(26)15-11-7-9-13-8-5-6-10-14(13)15/h5-12H,3-4,20H2,1-2H3,(H,24,26)(H,21,22,23). The first-order valence-corrected chi connectivity index (χ1v) is 8.55. The molecule has 1 amide bonds. The van der Waals surface area contributed by atoms with Crippen molar-refractivity contribution in [3.63, 3.8) is 0 Å². The summed E-state index contributed by atoms with van der Waals surface area (Å²) in [4.78, 5) is 23.0. The highest BCUT2D eigenvalue weighted by Crippen LogP contribution is 2.25. The molecule has 2 aromatic carbocycles. The van der Waals surface area contributed by atoms with Crippen molar-refractivity contribution in [2.24, 2.45) is 0 Å². The van der Waals surface area contributed by atoms with Gasteiger partial charge in [0.15, 0.2) is 11.6 Å². The number of fused-ring (bicyclic) bond motifs is 1. The first-order valence-electron chi connectivity index (χ1n) is 8.55. The molecule has 0 spiro atoms. The molecule has 0 aliphatic heterocycles. The van der Waals surface area contributed by atoms with Gasteiger partial charge in [0.2, 0.25) is 0 Å². The third kappa shape index (κ3) is 3.37. The molecule has 0 saturated carbocycles. The Morgan fingerprint density at radius 3 is 2.58 bits per heavy atom. The van der Waals surface area contributed by atoms with E-state index >= 15 is 0 Å². The number of nitrogens with two attached hydrogens (primary N) is 1. The second-order valence-electron chi connectivity index (χ2n) is 5.74. The largest absolute Gasteiger partial charge is 0.393 e. The number of nitrogen functional groups attached to an aromatic ring is 1. The van der Waals surface area contributed by atoms with Gasteiger partial charge in [-0.2, -0.15) is 0 Å². The molecule has 0 aliphatic carbocycles. The van der Waals surface area contributed by atoms with E-state index in [1.165, 1.54) is 6.33 Å². The van der Waals surface area contributed by atoms with Crippen molar-refractivity contribution in [2.75, 3.05) is 29.1 Å². The number of carbonyl (C=O) groups is 1. The van der Waals surface area contributed by atoms with Gasteiger partial charge in [0, 0.05) is 18.7 Å². The van der Waals surface area contributed by atoms with Crippen molar-refractivity contribution >= 4 is 34.0 Å². The van der Waals surface area contributed by atoms with Gasteiger partial charge in [0.25, 0.3) is 5.91 Å². The highest BCUT2D eigenvalue weighted by molar-refractivity contribution is 6.07. The number of carbonyl (C=O) groups excluding carboxylic acids is 1. The Morgan fingerprint density at radius 1 is 1.08 bits per heavy atom. The van der Waals surface area contributed by atoms with Crippen molar-refractivity contribution in [3.8, 4) is 0 Å². The van der Waals surface area contributed by atoms with Gasteiger partial charge >= 0.3 is 0 Å². The molecule has 0 bridgehead atoms. The molecule has 0 unspecified atom stereocenters. The van der Waals surface area contributed by atoms with E-state index in [0.29, 0.717) is 22.9 Å². The van der Waals surface area contributed by atoms with Gasteiger partial charge in [-0.25, -0.2) is 9.97 Å². The highest BCUT2D eigenvalue weighted by Gasteiger charge is 2.14. The molecule has 7 nitrogen and oxygen atoms in total. The normalized spacial score (nSPS) is 10.5. The number of rotatable bonds is 6. The van der Waals surface area contributed by atoms with Gasteiger partial charge in [-0.1, -0.05) is 36.4 Å². The van der Waals surface area contributed by atoms with E-state index < -0.39 is 0 Å². The van der Waals surface area contributed by atoms with Gasteiger partial charge in [0.05, 0.1) is 0 Å². The van der Waals surface area contributed by atoms with Crippen molar-refractivity contribution in [1.82, 2.24) is 15.4 Å². The predicted molar refractivity (Wildman–Crippen MR) is 105 cm³/mol. The number of hydrazine groups is 1. The number of hydrogen-bond acceptors (Lipinski definition) is 6. The first-order chi connectivity index (χ1) is 12.7. The molecule has 1 heterocycles. The van der Waals surface area contributed by atoms with Gasteiger partial charge in [-0.3, -0.25) is 15.6 Å². The van der Waals surface area contributed by atoms with Crippen LogP contribution in [0.4, 0.5) is 17.3 Å². The molecule has 134 valence electrons. The van der Waals surface area contributed by atoms with Crippen molar-refractivity contribution in [2.45, 2.75) is 13.8 Å². The molecule has 1 aromatic heterocycles. The quantitative estimate of drug-likeness (QED) is 0.592. The SMILES string of the molecule is CCN(CC)c1ncnc(NNC(=O)c2cccc3ccccc23)c1N. The monoisotopic (exact) mass is 350 g/mol. The van der Waals surface area contributed by atoms with Gasteiger partial charge in [0.1, 0.15) is 12.0 Å². The first kappa shape index (κ1) is 17.5. The molecule has 0 radical (unpaired) electrons. The van der Waals surface area contributed by atoms with Crippen molar-refractivity contribution < 1.29 is 4.79 Å². The molecular weight excluding hydrogens is 328 g/mol. The average molecular weight is 350 g/mol. The van der Waals surface area contributed by atoms with Gasteiger partial charge in [-0.15, -0.1) is 0 Å². The number of hydrogen-bond donors (Lipinski definition) is 3. The summed E-state index contributed by atoms with van der Waals surface area (Å²) in [6.45, 7) is 5.61. The third-order valence-electron chi connectivity index (χ3n) is 4.25. The molecule has 4 N–H and O–H groups in total. The molecule has 0 aliphatic rings. The molecule has 7 heteroatoms. The summed E-state index contributed by atoms with van der Waals surface area (Å²) in [5.41, 5.74) is 12.6. The maximum Gasteiger partial charge on any atom is 0.270 e. The second-order valence-corrected chi connectivity index (χ2v) is 5.74. The van der Waals surface area contributed by atoms with E-state index in [-0.39, 0.29) is 5.91 Å². The number of nitrogens with one attached hydrogen (secondary N) is 2. The number of aromatic nitrogens is 2. The summed E-state index contributed by atoms with van der Waals surface area (Å²) >= 11 is 0. The lowest BCUT2D eigenvalue weighted by molar-refractivity contribution is 0.0964. The minimum atomic E-state index is -0.260. The Kier molecular flexibility index (Phi) is 5.17. The fraction of sp³-hybridized carbons (Fsp3) is 0.211. The summed E-state index contributed by atoms with van der Waals surface area (Å²) < 4.78 is 0. The van der Waals surface area contributed by atoms with E-state index in [9.17, 15) is 4.79 Å². The molecule has 0 saturated heterocycles. The zero-order valence-corrected chi connectivity index (χ0v) is 14.9. The van der Waals surface area contributed by atoms with Crippen LogP contribution in [0.25, 0.3) is 10.8 Å². The third-order valence-corrected chi connectivity index (χ3v) is 4.25.